The number of guanidine groups is 1. The quantitative estimate of drug-likeness (QED) is 0.626. The highest BCUT2D eigenvalue weighted by molar-refractivity contribution is 5.83. The minimum Gasteiger partial charge on any atom is -0.368 e. The summed E-state index contributed by atoms with van der Waals surface area (Å²) >= 11 is 0. The summed E-state index contributed by atoms with van der Waals surface area (Å²) in [4.78, 5) is 21.3. The van der Waals surface area contributed by atoms with Gasteiger partial charge < -0.3 is 19.9 Å². The Balaban J connectivity index is 1.27. The van der Waals surface area contributed by atoms with Gasteiger partial charge in [-0.3, -0.25) is 9.79 Å². The Hall–Kier alpha value is -2.08. The number of hydrogen-bond acceptors (Lipinski definition) is 3. The molecule has 3 fully saturated rings. The van der Waals surface area contributed by atoms with Gasteiger partial charge in [0.15, 0.2) is 5.96 Å². The Labute approximate surface area is 174 Å². The Morgan fingerprint density at radius 1 is 1.14 bits per heavy atom. The van der Waals surface area contributed by atoms with Gasteiger partial charge in [0.1, 0.15) is 6.10 Å². The van der Waals surface area contributed by atoms with Crippen LogP contribution < -0.4 is 5.32 Å². The van der Waals surface area contributed by atoms with E-state index in [4.69, 9.17) is 4.74 Å². The molecule has 3 aliphatic rings. The Bertz CT molecular complexity index is 732. The highest BCUT2D eigenvalue weighted by Crippen LogP contribution is 2.41. The number of rotatable bonds is 4. The largest absolute Gasteiger partial charge is 0.368 e. The van der Waals surface area contributed by atoms with E-state index in [2.05, 4.69) is 53.3 Å². The van der Waals surface area contributed by atoms with Crippen LogP contribution in [0.5, 0.6) is 0 Å². The monoisotopic (exact) mass is 398 g/mol. The van der Waals surface area contributed by atoms with Crippen molar-refractivity contribution in [2.75, 3.05) is 39.8 Å². The van der Waals surface area contributed by atoms with E-state index < -0.39 is 0 Å². The Kier molecular flexibility index (Phi) is 6.09. The summed E-state index contributed by atoms with van der Waals surface area (Å²) < 4.78 is 5.56. The van der Waals surface area contributed by atoms with Crippen molar-refractivity contribution in [3.05, 3.63) is 35.4 Å². The topological polar surface area (TPSA) is 57.2 Å². The molecule has 3 atom stereocenters. The molecular formula is C23H34N4O2. The number of aliphatic imine (C=N–C) groups is 1. The van der Waals surface area contributed by atoms with Crippen LogP contribution >= 0.6 is 0 Å². The number of carbonyl (C=O) groups is 1. The molecule has 3 unspecified atom stereocenters. The summed E-state index contributed by atoms with van der Waals surface area (Å²) in [7, 11) is 1.85. The lowest BCUT2D eigenvalue weighted by Gasteiger charge is -2.37. The average molecular weight is 399 g/mol. The van der Waals surface area contributed by atoms with Gasteiger partial charge >= 0.3 is 0 Å². The predicted molar refractivity (Wildman–Crippen MR) is 115 cm³/mol. The summed E-state index contributed by atoms with van der Waals surface area (Å²) in [6.45, 7) is 8.30. The molecule has 158 valence electrons. The third kappa shape index (κ3) is 4.58. The first-order valence-electron chi connectivity index (χ1n) is 11.1. The van der Waals surface area contributed by atoms with Crippen molar-refractivity contribution < 1.29 is 9.53 Å². The first kappa shape index (κ1) is 20.2. The van der Waals surface area contributed by atoms with Gasteiger partial charge in [0, 0.05) is 51.8 Å². The van der Waals surface area contributed by atoms with Crippen LogP contribution in [-0.2, 0) is 9.53 Å². The van der Waals surface area contributed by atoms with E-state index in [0.717, 1.165) is 58.0 Å². The minimum atomic E-state index is -0.215. The molecule has 6 nitrogen and oxygen atoms in total. The molecule has 1 saturated carbocycles. The van der Waals surface area contributed by atoms with E-state index in [1.807, 2.05) is 11.9 Å². The highest BCUT2D eigenvalue weighted by atomic mass is 16.5. The second-order valence-corrected chi connectivity index (χ2v) is 8.78. The van der Waals surface area contributed by atoms with Crippen molar-refractivity contribution in [3.8, 4) is 0 Å². The van der Waals surface area contributed by atoms with E-state index in [1.54, 1.807) is 0 Å². The summed E-state index contributed by atoms with van der Waals surface area (Å²) in [5.74, 6) is 2.26. The van der Waals surface area contributed by atoms with Gasteiger partial charge in [-0.25, -0.2) is 0 Å². The number of benzene rings is 1. The zero-order valence-corrected chi connectivity index (χ0v) is 17.9. The van der Waals surface area contributed by atoms with E-state index in [-0.39, 0.29) is 12.0 Å². The number of nitrogens with one attached hydrogen (secondary N) is 1. The summed E-state index contributed by atoms with van der Waals surface area (Å²) in [6, 6.07) is 9.52. The van der Waals surface area contributed by atoms with Gasteiger partial charge in [-0.05, 0) is 36.3 Å². The van der Waals surface area contributed by atoms with Crippen molar-refractivity contribution in [1.29, 1.82) is 0 Å². The van der Waals surface area contributed by atoms with Crippen LogP contribution in [-0.4, -0.2) is 73.6 Å². The summed E-state index contributed by atoms with van der Waals surface area (Å²) in [6.07, 6.45) is 2.80. The molecule has 0 spiro atoms. The molecule has 1 aromatic rings. The van der Waals surface area contributed by atoms with Crippen LogP contribution in [0.2, 0.25) is 0 Å². The van der Waals surface area contributed by atoms with Gasteiger partial charge in [-0.2, -0.15) is 0 Å². The van der Waals surface area contributed by atoms with E-state index in [0.29, 0.717) is 17.9 Å². The minimum absolute atomic E-state index is 0.164. The van der Waals surface area contributed by atoms with Gasteiger partial charge in [0.2, 0.25) is 0 Å². The van der Waals surface area contributed by atoms with Crippen molar-refractivity contribution in [1.82, 2.24) is 15.1 Å². The molecule has 2 saturated heterocycles. The van der Waals surface area contributed by atoms with Crippen LogP contribution in [0.25, 0.3) is 0 Å². The van der Waals surface area contributed by atoms with Gasteiger partial charge in [0.25, 0.3) is 5.91 Å². The van der Waals surface area contributed by atoms with E-state index in [1.165, 1.54) is 11.1 Å². The Morgan fingerprint density at radius 2 is 1.83 bits per heavy atom. The zero-order chi connectivity index (χ0) is 20.4. The first-order valence-corrected chi connectivity index (χ1v) is 11.1. The van der Waals surface area contributed by atoms with Crippen LogP contribution in [0.1, 0.15) is 56.1 Å². The number of hydrogen-bond donors (Lipinski definition) is 1. The smallest absolute Gasteiger partial charge is 0.251 e. The third-order valence-electron chi connectivity index (χ3n) is 6.44. The second kappa shape index (κ2) is 8.74. The summed E-state index contributed by atoms with van der Waals surface area (Å²) in [5.41, 5.74) is 2.81. The number of nitrogens with zero attached hydrogens (tertiary/aromatic N) is 3. The van der Waals surface area contributed by atoms with Gasteiger partial charge in [-0.15, -0.1) is 0 Å². The highest BCUT2D eigenvalue weighted by Gasteiger charge is 2.40. The lowest BCUT2D eigenvalue weighted by Crippen LogP contribution is -2.55. The predicted octanol–water partition coefficient (Wildman–Crippen LogP) is 2.56. The molecule has 2 heterocycles. The average Bonchev–Trinajstić information content (AvgIpc) is 3.30. The molecular weight excluding hydrogens is 364 g/mol. The molecule has 1 aliphatic carbocycles. The maximum absolute atomic E-state index is 12.5. The van der Waals surface area contributed by atoms with Crippen molar-refractivity contribution >= 4 is 11.9 Å². The Morgan fingerprint density at radius 3 is 2.41 bits per heavy atom. The molecule has 6 heteroatoms. The van der Waals surface area contributed by atoms with Crippen LogP contribution in [0, 0.1) is 0 Å². The number of piperazine rings is 1. The van der Waals surface area contributed by atoms with Crippen LogP contribution in [0.15, 0.2) is 29.3 Å². The molecule has 4 rings (SSSR count). The second-order valence-electron chi connectivity index (χ2n) is 8.78. The van der Waals surface area contributed by atoms with Gasteiger partial charge in [0.05, 0.1) is 0 Å². The first-order chi connectivity index (χ1) is 14.1. The SMILES string of the molecule is CN=C(NC1CC1c1ccc(C(C)C)cc1)N1CCN(C(=O)C2CCCO2)CC1. The van der Waals surface area contributed by atoms with Crippen molar-refractivity contribution in [2.24, 2.45) is 4.99 Å². The standard InChI is InChI=1S/C23H34N4O2/c1-16(2)17-6-8-18(9-7-17)19-15-20(19)25-23(24-3)27-12-10-26(11-13-27)22(28)21-5-4-14-29-21/h6-9,16,19-21H,4-5,10-15H2,1-3H3,(H,24,25). The van der Waals surface area contributed by atoms with Crippen LogP contribution in [0.4, 0.5) is 0 Å². The number of amides is 1. The molecule has 0 bridgehead atoms. The third-order valence-corrected chi connectivity index (χ3v) is 6.44. The maximum Gasteiger partial charge on any atom is 0.251 e. The van der Waals surface area contributed by atoms with Crippen molar-refractivity contribution in [2.45, 2.75) is 57.1 Å². The lowest BCUT2D eigenvalue weighted by molar-refractivity contribution is -0.142. The molecule has 1 aromatic carbocycles. The fourth-order valence-electron chi connectivity index (χ4n) is 4.43. The fourth-order valence-corrected chi connectivity index (χ4v) is 4.43. The molecule has 0 radical (unpaired) electrons. The molecule has 2 aliphatic heterocycles. The lowest BCUT2D eigenvalue weighted by atomic mass is 10.0. The number of carbonyl (C=O) groups excluding carboxylic acids is 1. The molecule has 29 heavy (non-hydrogen) atoms. The maximum atomic E-state index is 12.5. The van der Waals surface area contributed by atoms with E-state index >= 15 is 0 Å². The number of ether oxygens (including phenoxy) is 1. The van der Waals surface area contributed by atoms with Gasteiger partial charge in [-0.1, -0.05) is 38.1 Å². The molecule has 1 amide bonds. The summed E-state index contributed by atoms with van der Waals surface area (Å²) in [5, 5.41) is 3.64. The normalized spacial score (nSPS) is 27.4. The van der Waals surface area contributed by atoms with Crippen molar-refractivity contribution in [3.63, 3.8) is 0 Å². The van der Waals surface area contributed by atoms with E-state index in [9.17, 15) is 4.79 Å². The molecule has 0 aromatic heterocycles. The molecule has 1 N–H and O–H groups in total. The van der Waals surface area contributed by atoms with Crippen LogP contribution in [0.3, 0.4) is 0 Å². The zero-order valence-electron chi connectivity index (χ0n) is 17.9. The fraction of sp³-hybridized carbons (Fsp3) is 0.652.